The molecule has 12 heteroatoms. The number of rotatable bonds is 26. The number of nitrogens with one attached hydrogen (secondary N) is 10. The van der Waals surface area contributed by atoms with Crippen molar-refractivity contribution in [1.29, 1.82) is 0 Å². The summed E-state index contributed by atoms with van der Waals surface area (Å²) in [4.78, 5) is 0. The Morgan fingerprint density at radius 1 is 0.366 bits per heavy atom. The Morgan fingerprint density at radius 2 is 0.742 bits per heavy atom. The molecule has 12 nitrogen and oxygen atoms in total. The summed E-state index contributed by atoms with van der Waals surface area (Å²) >= 11 is 0. The van der Waals surface area contributed by atoms with Crippen molar-refractivity contribution in [3.8, 4) is 0 Å². The van der Waals surface area contributed by atoms with Crippen LogP contribution >= 0.6 is 0 Å². The van der Waals surface area contributed by atoms with Gasteiger partial charge in [-0.3, -0.25) is 0 Å². The maximum atomic E-state index is 5.08. The third kappa shape index (κ3) is 45.8. The van der Waals surface area contributed by atoms with Crippen LogP contribution < -0.4 is 53.2 Å². The van der Waals surface area contributed by atoms with E-state index in [4.69, 9.17) is 9.47 Å². The van der Waals surface area contributed by atoms with E-state index >= 15 is 0 Å². The normalized spacial score (nSPS) is 22.0. The lowest BCUT2D eigenvalue weighted by molar-refractivity contribution is -0.0676. The average molecular weight is 1320 g/mol. The van der Waals surface area contributed by atoms with Crippen LogP contribution in [0.1, 0.15) is 341 Å². The van der Waals surface area contributed by atoms with E-state index in [9.17, 15) is 0 Å². The fourth-order valence-electron chi connectivity index (χ4n) is 13.2. The minimum absolute atomic E-state index is 0.272. The molecule has 0 radical (unpaired) electrons. The van der Waals surface area contributed by atoms with Crippen LogP contribution in [0.25, 0.3) is 0 Å². The molecule has 1 atom stereocenters. The van der Waals surface area contributed by atoms with E-state index in [0.717, 1.165) is 62.2 Å². The predicted octanol–water partition coefficient (Wildman–Crippen LogP) is 17.3. The van der Waals surface area contributed by atoms with Gasteiger partial charge in [0.1, 0.15) is 0 Å². The Morgan fingerprint density at radius 3 is 0.914 bits per heavy atom. The molecule has 10 rings (SSSR count). The first-order valence-electron chi connectivity index (χ1n) is 40.1. The Bertz CT molecular complexity index is 1630. The molecule has 10 N–H and O–H groups in total. The van der Waals surface area contributed by atoms with Crippen molar-refractivity contribution in [2.45, 2.75) is 436 Å². The third-order valence-corrected chi connectivity index (χ3v) is 20.8. The molecule has 93 heavy (non-hydrogen) atoms. The molecule has 8 saturated carbocycles. The SMILES string of the molecule is CC(C)NC(C)(C)C1CCC1.CC(C)NC(C)C1CCC1.CC(C)NC1(C)CCC1.CC(C)NC1(C)COC1.CC(C)NC1CCC1.CC(C)NC1COC1.CC(C)NCC1(C)CCC1.CC(C)NCC1(C)CCC1.CC(C)NCC1CCC1.CC(C)NCC1CCC1. The highest BCUT2D eigenvalue weighted by Crippen LogP contribution is 2.40. The zero-order valence-corrected chi connectivity index (χ0v) is 67.8. The lowest BCUT2D eigenvalue weighted by Gasteiger charge is -2.42. The summed E-state index contributed by atoms with van der Waals surface area (Å²) in [5.41, 5.74) is 2.42. The van der Waals surface area contributed by atoms with Gasteiger partial charge in [0.2, 0.25) is 0 Å². The van der Waals surface area contributed by atoms with E-state index in [2.05, 4.69) is 240 Å². The highest BCUT2D eigenvalue weighted by Gasteiger charge is 2.36. The van der Waals surface area contributed by atoms with Gasteiger partial charge in [-0.05, 0) is 191 Å². The largest absolute Gasteiger partial charge is 0.378 e. The fourth-order valence-corrected chi connectivity index (χ4v) is 13.2. The monoisotopic (exact) mass is 1320 g/mol. The molecule has 10 aliphatic rings. The van der Waals surface area contributed by atoms with Gasteiger partial charge < -0.3 is 62.6 Å². The molecule has 2 saturated heterocycles. The van der Waals surface area contributed by atoms with Gasteiger partial charge in [-0.15, -0.1) is 0 Å². The summed E-state index contributed by atoms with van der Waals surface area (Å²) < 4.78 is 10.0. The van der Waals surface area contributed by atoms with Crippen molar-refractivity contribution in [2.75, 3.05) is 52.6 Å². The van der Waals surface area contributed by atoms with Gasteiger partial charge >= 0.3 is 0 Å². The van der Waals surface area contributed by atoms with E-state index in [1.807, 2.05) is 0 Å². The zero-order valence-electron chi connectivity index (χ0n) is 67.8. The van der Waals surface area contributed by atoms with E-state index < -0.39 is 0 Å². The van der Waals surface area contributed by atoms with Crippen molar-refractivity contribution in [3.05, 3.63) is 0 Å². The maximum absolute atomic E-state index is 5.08. The molecule has 2 aliphatic heterocycles. The Kier molecular flexibility index (Phi) is 47.1. The van der Waals surface area contributed by atoms with Crippen LogP contribution in [-0.2, 0) is 9.47 Å². The van der Waals surface area contributed by atoms with E-state index in [0.29, 0.717) is 88.4 Å². The molecule has 0 bridgehead atoms. The lowest BCUT2D eigenvalue weighted by atomic mass is 9.70. The van der Waals surface area contributed by atoms with Crippen molar-refractivity contribution in [2.24, 2.45) is 34.5 Å². The predicted molar refractivity (Wildman–Crippen MR) is 413 cm³/mol. The van der Waals surface area contributed by atoms with Gasteiger partial charge in [0.05, 0.1) is 38.0 Å². The van der Waals surface area contributed by atoms with Gasteiger partial charge in [-0.2, -0.15) is 0 Å². The molecule has 10 fully saturated rings. The Balaban J connectivity index is 0.000000517. The first kappa shape index (κ1) is 90.5. The second-order valence-electron chi connectivity index (χ2n) is 36.1. The average Bonchev–Trinajstić information content (AvgIpc) is 0.988. The quantitative estimate of drug-likeness (QED) is 0.0404. The minimum Gasteiger partial charge on any atom is -0.378 e. The number of ether oxygens (including phenoxy) is 2. The third-order valence-electron chi connectivity index (χ3n) is 20.8. The van der Waals surface area contributed by atoms with Crippen molar-refractivity contribution in [1.82, 2.24) is 53.2 Å². The van der Waals surface area contributed by atoms with Crippen LogP contribution in [0.15, 0.2) is 0 Å². The Hall–Kier alpha value is -0.480. The summed E-state index contributed by atoms with van der Waals surface area (Å²) in [6, 6.07) is 8.64. The highest BCUT2D eigenvalue weighted by molar-refractivity contribution is 4.94. The summed E-state index contributed by atoms with van der Waals surface area (Å²) in [5, 5.41) is 34.9. The first-order chi connectivity index (χ1) is 43.4. The van der Waals surface area contributed by atoms with E-state index in [1.54, 1.807) is 0 Å². The molecule has 0 aromatic heterocycles. The van der Waals surface area contributed by atoms with Crippen LogP contribution in [0.4, 0.5) is 0 Å². The van der Waals surface area contributed by atoms with Crippen molar-refractivity contribution >= 4 is 0 Å². The molecule has 0 aromatic carbocycles. The number of hydrogen-bond donors (Lipinski definition) is 10. The van der Waals surface area contributed by atoms with E-state index in [-0.39, 0.29) is 5.54 Å². The van der Waals surface area contributed by atoms with Crippen LogP contribution in [0.5, 0.6) is 0 Å². The molecule has 558 valence electrons. The topological polar surface area (TPSA) is 139 Å². The standard InChI is InChI=1S/C10H21N.3C9H19N.3C8H17N.C7H15NO.C7H15N.C6H13NO/c1-8(2)11-10(3,4)9-6-5-7-9;2*1-8(2)10-7-9(3)5-4-6-9;1-7(2)10-8(3)9-5-4-6-9;1-7(2)9-8(3)5-4-6-8;2*1-7(2)9-6-8-4-3-5-8;1-6(2)8-7(3)4-9-5-7;1-6(2)8-7-4-3-5-7;1-5(2)7-6-3-8-4-6/h8-9,11H,5-7H2,1-4H3;2*8,10H,4-7H2,1-3H3;7-10H,4-6H2,1-3H3;7,9H,4-6H2,1-3H3;2*7-9H,3-6H2,1-2H3;6,8H,4-5H2,1-3H3;6-8H,3-5H2,1-2H3;5-7H,3-4H2,1-2H3. The second-order valence-corrected chi connectivity index (χ2v) is 36.1. The molecule has 0 aromatic rings. The number of hydrogen-bond acceptors (Lipinski definition) is 12. The Labute approximate surface area is 583 Å². The van der Waals surface area contributed by atoms with Crippen LogP contribution in [0.3, 0.4) is 0 Å². The summed E-state index contributed by atoms with van der Waals surface area (Å²) in [6.07, 6.45) is 34.3. The zero-order chi connectivity index (χ0) is 70.4. The summed E-state index contributed by atoms with van der Waals surface area (Å²) in [7, 11) is 0. The summed E-state index contributed by atoms with van der Waals surface area (Å²) in [5.74, 6) is 3.91. The van der Waals surface area contributed by atoms with Crippen LogP contribution in [0, 0.1) is 34.5 Å². The van der Waals surface area contributed by atoms with Crippen LogP contribution in [0.2, 0.25) is 0 Å². The van der Waals surface area contributed by atoms with Gasteiger partial charge in [0.25, 0.3) is 0 Å². The highest BCUT2D eigenvalue weighted by atomic mass is 16.5. The lowest BCUT2D eigenvalue weighted by Crippen LogP contribution is -2.60. The molecular weight excluding hydrogens is 1140 g/mol. The molecule has 8 aliphatic carbocycles. The van der Waals surface area contributed by atoms with Crippen molar-refractivity contribution in [3.63, 3.8) is 0 Å². The minimum atomic E-state index is 0.272. The van der Waals surface area contributed by atoms with Gasteiger partial charge in [-0.25, -0.2) is 0 Å². The molecule has 0 spiro atoms. The van der Waals surface area contributed by atoms with Crippen LogP contribution in [-0.4, -0.2) is 148 Å². The molecule has 0 amide bonds. The first-order valence-corrected chi connectivity index (χ1v) is 40.1. The molecule has 2 heterocycles. The van der Waals surface area contributed by atoms with Gasteiger partial charge in [-0.1, -0.05) is 197 Å². The summed E-state index contributed by atoms with van der Waals surface area (Å²) in [6.45, 7) is 68.7. The molecule has 1 unspecified atom stereocenters. The van der Waals surface area contributed by atoms with Crippen molar-refractivity contribution < 1.29 is 9.47 Å². The fraction of sp³-hybridized carbons (Fsp3) is 1.00. The maximum Gasteiger partial charge on any atom is 0.0669 e. The van der Waals surface area contributed by atoms with Gasteiger partial charge in [0, 0.05) is 96.7 Å². The molecular formula is C81H172N10O2. The smallest absolute Gasteiger partial charge is 0.0669 e. The second kappa shape index (κ2) is 48.4. The van der Waals surface area contributed by atoms with Gasteiger partial charge in [0.15, 0.2) is 0 Å². The van der Waals surface area contributed by atoms with E-state index in [1.165, 1.54) is 180 Å².